The van der Waals surface area contributed by atoms with Crippen LogP contribution in [0.2, 0.25) is 0 Å². The predicted octanol–water partition coefficient (Wildman–Crippen LogP) is 2.45. The smallest absolute Gasteiger partial charge is 0.138 e. The molecule has 1 unspecified atom stereocenters. The van der Waals surface area contributed by atoms with E-state index in [1.54, 1.807) is 17.8 Å². The topological polar surface area (TPSA) is 50.9 Å². The lowest BCUT2D eigenvalue weighted by molar-refractivity contribution is 0.178. The molecule has 0 bridgehead atoms. The second kappa shape index (κ2) is 4.71. The highest BCUT2D eigenvalue weighted by molar-refractivity contribution is 7.19. The summed E-state index contributed by atoms with van der Waals surface area (Å²) >= 11 is 1.47. The van der Waals surface area contributed by atoms with E-state index in [4.69, 9.17) is 0 Å². The number of fused-ring (bicyclic) bond motifs is 1. The number of nitrogens with zero attached hydrogens (tertiary/aromatic N) is 3. The molecule has 1 N–H and O–H groups in total. The number of aryl methyl sites for hydroxylation is 1. The number of halogens is 1. The average Bonchev–Trinajstić information content (AvgIpc) is 2.96. The van der Waals surface area contributed by atoms with Gasteiger partial charge in [0.05, 0.1) is 6.10 Å². The summed E-state index contributed by atoms with van der Waals surface area (Å²) in [4.78, 5) is 4.89. The predicted molar refractivity (Wildman–Crippen MR) is 71.4 cm³/mol. The molecule has 1 atom stereocenters. The lowest BCUT2D eigenvalue weighted by Crippen LogP contribution is -2.06. The normalized spacial score (nSPS) is 13.0. The van der Waals surface area contributed by atoms with E-state index in [-0.39, 0.29) is 5.82 Å². The minimum absolute atomic E-state index is 0.264. The van der Waals surface area contributed by atoms with Gasteiger partial charge in [0, 0.05) is 23.0 Å². The number of hydrogen-bond donors (Lipinski definition) is 1. The molecule has 3 aromatic rings. The molecule has 0 amide bonds. The van der Waals surface area contributed by atoms with Crippen molar-refractivity contribution in [2.24, 2.45) is 7.05 Å². The molecule has 0 spiro atoms. The van der Waals surface area contributed by atoms with Gasteiger partial charge < -0.3 is 5.11 Å². The molecule has 98 valence electrons. The highest BCUT2D eigenvalue weighted by Crippen LogP contribution is 2.31. The van der Waals surface area contributed by atoms with E-state index < -0.39 is 6.10 Å². The molecule has 19 heavy (non-hydrogen) atoms. The third-order valence-corrected chi connectivity index (χ3v) is 4.22. The number of aliphatic hydroxyl groups excluding tert-OH is 1. The number of hydrogen-bond acceptors (Lipinski definition) is 4. The van der Waals surface area contributed by atoms with Gasteiger partial charge in [-0.15, -0.1) is 11.3 Å². The minimum Gasteiger partial charge on any atom is -0.387 e. The van der Waals surface area contributed by atoms with E-state index in [1.165, 1.54) is 29.8 Å². The molecule has 0 aliphatic carbocycles. The fourth-order valence-corrected chi connectivity index (χ4v) is 3.01. The highest BCUT2D eigenvalue weighted by Gasteiger charge is 2.15. The number of thiophene rings is 1. The number of aliphatic hydroxyl groups is 1. The Morgan fingerprint density at radius 2 is 2.26 bits per heavy atom. The molecule has 0 aliphatic rings. The largest absolute Gasteiger partial charge is 0.387 e. The lowest BCUT2D eigenvalue weighted by atomic mass is 10.2. The van der Waals surface area contributed by atoms with Crippen molar-refractivity contribution >= 4 is 21.4 Å². The van der Waals surface area contributed by atoms with Gasteiger partial charge in [-0.3, -0.25) is 4.68 Å². The van der Waals surface area contributed by atoms with Gasteiger partial charge in [-0.2, -0.15) is 5.10 Å². The van der Waals surface area contributed by atoms with Crippen LogP contribution in [0.25, 0.3) is 10.1 Å². The fraction of sp³-hybridized carbons (Fsp3) is 0.231. The van der Waals surface area contributed by atoms with Crippen LogP contribution in [0.4, 0.5) is 4.39 Å². The summed E-state index contributed by atoms with van der Waals surface area (Å²) in [5, 5.41) is 15.0. The third kappa shape index (κ3) is 2.36. The van der Waals surface area contributed by atoms with Crippen LogP contribution in [0.5, 0.6) is 0 Å². The first kappa shape index (κ1) is 12.3. The fourth-order valence-electron chi connectivity index (χ4n) is 1.98. The van der Waals surface area contributed by atoms with Crippen molar-refractivity contribution < 1.29 is 9.50 Å². The molecule has 0 saturated carbocycles. The Morgan fingerprint density at radius 1 is 1.42 bits per heavy atom. The summed E-state index contributed by atoms with van der Waals surface area (Å²) in [5.41, 5.74) is 0. The van der Waals surface area contributed by atoms with E-state index >= 15 is 0 Å². The zero-order valence-electron chi connectivity index (χ0n) is 10.2. The Labute approximate surface area is 113 Å². The Bertz CT molecular complexity index is 722. The molecule has 2 aromatic heterocycles. The minimum atomic E-state index is -0.650. The van der Waals surface area contributed by atoms with Gasteiger partial charge in [0.1, 0.15) is 18.0 Å². The second-order valence-corrected chi connectivity index (χ2v) is 5.47. The van der Waals surface area contributed by atoms with Crippen molar-refractivity contribution in [3.63, 3.8) is 0 Å². The standard InChI is InChI=1S/C13H12FN3OS/c1-17-13(15-7-16-17)6-10(18)12-5-8-4-9(14)2-3-11(8)19-12/h2-5,7,10,18H,6H2,1H3. The second-order valence-electron chi connectivity index (χ2n) is 4.35. The van der Waals surface area contributed by atoms with Crippen LogP contribution < -0.4 is 0 Å². The summed E-state index contributed by atoms with van der Waals surface area (Å²) in [5.74, 6) is 0.454. The summed E-state index contributed by atoms with van der Waals surface area (Å²) in [6, 6.07) is 6.46. The quantitative estimate of drug-likeness (QED) is 0.800. The molecule has 0 saturated heterocycles. The van der Waals surface area contributed by atoms with Crippen LogP contribution in [0, 0.1) is 5.82 Å². The lowest BCUT2D eigenvalue weighted by Gasteiger charge is -2.06. The number of rotatable bonds is 3. The maximum Gasteiger partial charge on any atom is 0.138 e. The molecule has 0 aliphatic heterocycles. The summed E-state index contributed by atoms with van der Waals surface area (Å²) in [7, 11) is 1.79. The van der Waals surface area contributed by atoms with E-state index in [0.717, 1.165) is 20.8 Å². The first-order chi connectivity index (χ1) is 9.13. The van der Waals surface area contributed by atoms with Crippen molar-refractivity contribution in [2.75, 3.05) is 0 Å². The van der Waals surface area contributed by atoms with Crippen LogP contribution >= 0.6 is 11.3 Å². The van der Waals surface area contributed by atoms with Crippen LogP contribution in [0.3, 0.4) is 0 Å². The number of aromatic nitrogens is 3. The maximum atomic E-state index is 13.1. The van der Waals surface area contributed by atoms with Crippen molar-refractivity contribution in [1.82, 2.24) is 14.8 Å². The van der Waals surface area contributed by atoms with Gasteiger partial charge in [0.2, 0.25) is 0 Å². The third-order valence-electron chi connectivity index (χ3n) is 3.01. The SMILES string of the molecule is Cn1ncnc1CC(O)c1cc2cc(F)ccc2s1. The summed E-state index contributed by atoms with van der Waals surface area (Å²) < 4.78 is 15.7. The molecular weight excluding hydrogens is 265 g/mol. The summed E-state index contributed by atoms with van der Waals surface area (Å²) in [6.45, 7) is 0. The van der Waals surface area contributed by atoms with Crippen LogP contribution in [0.1, 0.15) is 16.8 Å². The molecule has 1 aromatic carbocycles. The molecular formula is C13H12FN3OS. The zero-order chi connectivity index (χ0) is 13.4. The first-order valence-electron chi connectivity index (χ1n) is 5.83. The zero-order valence-corrected chi connectivity index (χ0v) is 11.1. The Morgan fingerprint density at radius 3 is 3.00 bits per heavy atom. The van der Waals surface area contributed by atoms with Crippen LogP contribution in [0.15, 0.2) is 30.6 Å². The van der Waals surface area contributed by atoms with Gasteiger partial charge in [-0.05, 0) is 29.7 Å². The molecule has 6 heteroatoms. The van der Waals surface area contributed by atoms with Gasteiger partial charge in [-0.1, -0.05) is 0 Å². The molecule has 2 heterocycles. The van der Waals surface area contributed by atoms with Crippen molar-refractivity contribution in [3.05, 3.63) is 47.1 Å². The van der Waals surface area contributed by atoms with E-state index in [0.29, 0.717) is 6.42 Å². The highest BCUT2D eigenvalue weighted by atomic mass is 32.1. The Kier molecular flexibility index (Phi) is 3.04. The van der Waals surface area contributed by atoms with Gasteiger partial charge in [0.25, 0.3) is 0 Å². The molecule has 3 rings (SSSR count). The van der Waals surface area contributed by atoms with Gasteiger partial charge in [-0.25, -0.2) is 9.37 Å². The van der Waals surface area contributed by atoms with E-state index in [1.807, 2.05) is 6.07 Å². The van der Waals surface area contributed by atoms with Crippen molar-refractivity contribution in [2.45, 2.75) is 12.5 Å². The molecule has 0 fully saturated rings. The van der Waals surface area contributed by atoms with Crippen molar-refractivity contribution in [1.29, 1.82) is 0 Å². The van der Waals surface area contributed by atoms with Gasteiger partial charge >= 0.3 is 0 Å². The Hall–Kier alpha value is -1.79. The number of benzene rings is 1. The van der Waals surface area contributed by atoms with E-state index in [2.05, 4.69) is 10.1 Å². The molecule has 0 radical (unpaired) electrons. The Balaban J connectivity index is 1.89. The summed E-state index contributed by atoms with van der Waals surface area (Å²) in [6.07, 6.45) is 1.21. The van der Waals surface area contributed by atoms with Gasteiger partial charge in [0.15, 0.2) is 0 Å². The van der Waals surface area contributed by atoms with E-state index in [9.17, 15) is 9.50 Å². The van der Waals surface area contributed by atoms with Crippen LogP contribution in [-0.4, -0.2) is 19.9 Å². The monoisotopic (exact) mass is 277 g/mol. The van der Waals surface area contributed by atoms with Crippen molar-refractivity contribution in [3.8, 4) is 0 Å². The van der Waals surface area contributed by atoms with Crippen LogP contribution in [-0.2, 0) is 13.5 Å². The first-order valence-corrected chi connectivity index (χ1v) is 6.65. The average molecular weight is 277 g/mol. The molecule has 4 nitrogen and oxygen atoms in total. The maximum absolute atomic E-state index is 13.1.